The monoisotopic (exact) mass is 217 g/mol. The van der Waals surface area contributed by atoms with Crippen LogP contribution in [0.4, 0.5) is 0 Å². The number of carboxylic acids is 1. The predicted octanol–water partition coefficient (Wildman–Crippen LogP) is 2.02. The van der Waals surface area contributed by atoms with Crippen molar-refractivity contribution >= 4 is 11.8 Å². The van der Waals surface area contributed by atoms with Gasteiger partial charge in [-0.3, -0.25) is 9.59 Å². The van der Waals surface area contributed by atoms with Crippen molar-refractivity contribution in [2.24, 2.45) is 0 Å². The Kier molecular flexibility index (Phi) is 5.91. The summed E-state index contributed by atoms with van der Waals surface area (Å²) >= 11 is 0. The number of carboxylic acid groups (broad SMARTS) is 1. The molecule has 4 heteroatoms. The highest BCUT2D eigenvalue weighted by molar-refractivity contribution is 6.05. The average molecular weight is 217 g/mol. The van der Waals surface area contributed by atoms with Crippen LogP contribution in [0.1, 0.15) is 22.3 Å². The zero-order chi connectivity index (χ0) is 12.6. The largest absolute Gasteiger partial charge is 0.481 e. The SMILES string of the molecule is C=C.N#Cc1ccc(C(=O)CC(=O)O)cc1. The number of hydrogen-bond donors (Lipinski definition) is 1. The number of hydrogen-bond acceptors (Lipinski definition) is 3. The van der Waals surface area contributed by atoms with Gasteiger partial charge in [-0.05, 0) is 12.1 Å². The van der Waals surface area contributed by atoms with Crippen LogP contribution < -0.4 is 0 Å². The lowest BCUT2D eigenvalue weighted by molar-refractivity contribution is -0.135. The first-order chi connectivity index (χ1) is 7.63. The molecule has 0 spiro atoms. The minimum Gasteiger partial charge on any atom is -0.481 e. The number of carbonyl (C=O) groups is 2. The van der Waals surface area contributed by atoms with E-state index in [1.54, 1.807) is 0 Å². The Morgan fingerprint density at radius 2 is 1.75 bits per heavy atom. The molecule has 0 atom stereocenters. The van der Waals surface area contributed by atoms with Crippen molar-refractivity contribution in [3.8, 4) is 6.07 Å². The van der Waals surface area contributed by atoms with Crippen molar-refractivity contribution in [2.45, 2.75) is 6.42 Å². The maximum Gasteiger partial charge on any atom is 0.311 e. The first-order valence-electron chi connectivity index (χ1n) is 4.38. The second-order valence-electron chi connectivity index (χ2n) is 2.68. The standard InChI is InChI=1S/C10H7NO3.C2H4/c11-6-7-1-3-8(4-2-7)9(12)5-10(13)14;1-2/h1-4H,5H2,(H,13,14);1-2H2. The van der Waals surface area contributed by atoms with Gasteiger partial charge in [0.15, 0.2) is 5.78 Å². The molecule has 0 radical (unpaired) electrons. The third kappa shape index (κ3) is 4.20. The van der Waals surface area contributed by atoms with Gasteiger partial charge in [0.05, 0.1) is 11.6 Å². The van der Waals surface area contributed by atoms with Gasteiger partial charge < -0.3 is 5.11 Å². The van der Waals surface area contributed by atoms with E-state index in [4.69, 9.17) is 10.4 Å². The summed E-state index contributed by atoms with van der Waals surface area (Å²) in [7, 11) is 0. The summed E-state index contributed by atoms with van der Waals surface area (Å²) in [6.45, 7) is 6.00. The molecule has 4 nitrogen and oxygen atoms in total. The predicted molar refractivity (Wildman–Crippen MR) is 59.0 cm³/mol. The molecule has 0 saturated carbocycles. The highest BCUT2D eigenvalue weighted by Gasteiger charge is 2.09. The maximum atomic E-state index is 11.2. The van der Waals surface area contributed by atoms with Gasteiger partial charge in [0.1, 0.15) is 6.42 Å². The van der Waals surface area contributed by atoms with Crippen LogP contribution in [0.2, 0.25) is 0 Å². The molecule has 0 fully saturated rings. The zero-order valence-electron chi connectivity index (χ0n) is 8.64. The zero-order valence-corrected chi connectivity index (χ0v) is 8.64. The fourth-order valence-electron chi connectivity index (χ4n) is 0.970. The molecular formula is C12H11NO3. The van der Waals surface area contributed by atoms with E-state index < -0.39 is 18.2 Å². The molecule has 82 valence electrons. The molecule has 0 heterocycles. The highest BCUT2D eigenvalue weighted by Crippen LogP contribution is 2.06. The summed E-state index contributed by atoms with van der Waals surface area (Å²) in [6.07, 6.45) is -0.522. The molecule has 0 amide bonds. The number of Topliss-reactive ketones (excluding diaryl/α,β-unsaturated/α-hetero) is 1. The number of nitriles is 1. The maximum absolute atomic E-state index is 11.2. The van der Waals surface area contributed by atoms with E-state index in [-0.39, 0.29) is 0 Å². The van der Waals surface area contributed by atoms with Crippen LogP contribution in [0.5, 0.6) is 0 Å². The second kappa shape index (κ2) is 6.96. The van der Waals surface area contributed by atoms with Crippen LogP contribution in [0.3, 0.4) is 0 Å². The van der Waals surface area contributed by atoms with Gasteiger partial charge in [-0.25, -0.2) is 0 Å². The van der Waals surface area contributed by atoms with E-state index >= 15 is 0 Å². The average Bonchev–Trinajstić information content (AvgIpc) is 2.31. The van der Waals surface area contributed by atoms with Crippen LogP contribution in [-0.4, -0.2) is 16.9 Å². The molecular weight excluding hydrogens is 206 g/mol. The number of carbonyl (C=O) groups excluding carboxylic acids is 1. The van der Waals surface area contributed by atoms with Crippen molar-refractivity contribution in [3.05, 3.63) is 48.6 Å². The number of benzene rings is 1. The lowest BCUT2D eigenvalue weighted by Gasteiger charge is -1.96. The highest BCUT2D eigenvalue weighted by atomic mass is 16.4. The van der Waals surface area contributed by atoms with Gasteiger partial charge in [-0.15, -0.1) is 13.2 Å². The van der Waals surface area contributed by atoms with Crippen molar-refractivity contribution in [1.29, 1.82) is 5.26 Å². The fraction of sp³-hybridized carbons (Fsp3) is 0.0833. The summed E-state index contributed by atoms with van der Waals surface area (Å²) in [5.74, 6) is -1.61. The van der Waals surface area contributed by atoms with Crippen molar-refractivity contribution in [2.75, 3.05) is 0 Å². The minimum absolute atomic E-state index is 0.311. The summed E-state index contributed by atoms with van der Waals surface area (Å²) in [5, 5.41) is 16.9. The number of ketones is 1. The summed E-state index contributed by atoms with van der Waals surface area (Å²) in [6, 6.07) is 7.77. The van der Waals surface area contributed by atoms with Gasteiger partial charge in [0.25, 0.3) is 0 Å². The molecule has 1 N–H and O–H groups in total. The van der Waals surface area contributed by atoms with Crippen LogP contribution in [-0.2, 0) is 4.79 Å². The molecule has 0 aliphatic carbocycles. The van der Waals surface area contributed by atoms with E-state index in [1.807, 2.05) is 6.07 Å². The van der Waals surface area contributed by atoms with E-state index in [0.717, 1.165) is 0 Å². The van der Waals surface area contributed by atoms with Crippen LogP contribution in [0.15, 0.2) is 37.4 Å². The molecule has 0 aliphatic rings. The van der Waals surface area contributed by atoms with E-state index in [0.29, 0.717) is 11.1 Å². The minimum atomic E-state index is -1.15. The molecule has 1 rings (SSSR count). The Labute approximate surface area is 93.4 Å². The summed E-state index contributed by atoms with van der Waals surface area (Å²) < 4.78 is 0. The molecule has 16 heavy (non-hydrogen) atoms. The Morgan fingerprint density at radius 1 is 1.25 bits per heavy atom. The van der Waals surface area contributed by atoms with Crippen molar-refractivity contribution < 1.29 is 14.7 Å². The van der Waals surface area contributed by atoms with Crippen LogP contribution in [0.25, 0.3) is 0 Å². The Hall–Kier alpha value is -2.41. The van der Waals surface area contributed by atoms with Gasteiger partial charge in [-0.1, -0.05) is 12.1 Å². The van der Waals surface area contributed by atoms with Crippen LogP contribution >= 0.6 is 0 Å². The third-order valence-corrected chi connectivity index (χ3v) is 1.65. The third-order valence-electron chi connectivity index (χ3n) is 1.65. The van der Waals surface area contributed by atoms with Crippen molar-refractivity contribution in [1.82, 2.24) is 0 Å². The first-order valence-corrected chi connectivity index (χ1v) is 4.38. The topological polar surface area (TPSA) is 78.2 Å². The number of rotatable bonds is 3. The lowest BCUT2D eigenvalue weighted by Crippen LogP contribution is -2.06. The first kappa shape index (κ1) is 13.6. The smallest absolute Gasteiger partial charge is 0.311 e. The second-order valence-corrected chi connectivity index (χ2v) is 2.68. The normalized spacial score (nSPS) is 8.19. The van der Waals surface area contributed by atoms with E-state index in [1.165, 1.54) is 24.3 Å². The molecule has 0 aliphatic heterocycles. The number of nitrogens with zero attached hydrogens (tertiary/aromatic N) is 1. The molecule has 1 aromatic rings. The fourth-order valence-corrected chi connectivity index (χ4v) is 0.970. The lowest BCUT2D eigenvalue weighted by atomic mass is 10.1. The molecule has 0 bridgehead atoms. The molecule has 0 aromatic heterocycles. The molecule has 0 unspecified atom stereocenters. The quantitative estimate of drug-likeness (QED) is 0.477. The van der Waals surface area contributed by atoms with Crippen LogP contribution in [0, 0.1) is 11.3 Å². The van der Waals surface area contributed by atoms with Gasteiger partial charge in [0, 0.05) is 5.56 Å². The van der Waals surface area contributed by atoms with Gasteiger partial charge in [-0.2, -0.15) is 5.26 Å². The Morgan fingerprint density at radius 3 is 2.12 bits per heavy atom. The van der Waals surface area contributed by atoms with Crippen molar-refractivity contribution in [3.63, 3.8) is 0 Å². The Balaban J connectivity index is 0.00000106. The van der Waals surface area contributed by atoms with E-state index in [2.05, 4.69) is 13.2 Å². The van der Waals surface area contributed by atoms with E-state index in [9.17, 15) is 9.59 Å². The number of aliphatic carboxylic acids is 1. The van der Waals surface area contributed by atoms with Gasteiger partial charge >= 0.3 is 5.97 Å². The van der Waals surface area contributed by atoms with Gasteiger partial charge in [0.2, 0.25) is 0 Å². The Bertz CT molecular complexity index is 415. The summed E-state index contributed by atoms with van der Waals surface area (Å²) in [4.78, 5) is 21.4. The molecule has 1 aromatic carbocycles. The molecule has 0 saturated heterocycles. The summed E-state index contributed by atoms with van der Waals surface area (Å²) in [5.41, 5.74) is 0.753.